The predicted octanol–water partition coefficient (Wildman–Crippen LogP) is 6.18. The molecule has 0 amide bonds. The molecular weight excluding hydrogens is 457 g/mol. The van der Waals surface area contributed by atoms with Gasteiger partial charge in [-0.15, -0.1) is 0 Å². The summed E-state index contributed by atoms with van der Waals surface area (Å²) in [6.45, 7) is 4.22. The Labute approximate surface area is 213 Å². The van der Waals surface area contributed by atoms with Gasteiger partial charge in [-0.05, 0) is 67.1 Å². The third-order valence-electron chi connectivity index (χ3n) is 7.28. The average Bonchev–Trinajstić information content (AvgIpc) is 2.92. The Balaban J connectivity index is 1.62. The van der Waals surface area contributed by atoms with Crippen molar-refractivity contribution in [3.8, 4) is 11.5 Å². The van der Waals surface area contributed by atoms with Gasteiger partial charge in [0.15, 0.2) is 18.4 Å². The number of ether oxygens (including phenoxy) is 3. The van der Waals surface area contributed by atoms with Gasteiger partial charge in [0.1, 0.15) is 12.4 Å². The number of halogens is 1. The maximum Gasteiger partial charge on any atom is 0.188 e. The Hall–Kier alpha value is -2.96. The molecule has 1 N–H and O–H groups in total. The van der Waals surface area contributed by atoms with E-state index in [4.69, 9.17) is 19.2 Å². The van der Waals surface area contributed by atoms with Gasteiger partial charge in [-0.1, -0.05) is 49.6 Å². The molecule has 0 saturated heterocycles. The molecule has 1 aromatic heterocycles. The normalized spacial score (nSPS) is 15.0. The standard InChI is InChI=1S/C30H36FNO4/c1-21-16-27(35-18-23-10-6-4-7-11-23)28(31)22(2)25(21)17-24-12-13-26(36-20-34-3)29(32-24)30(19-33)14-8-5-9-15-30/h4,6-7,10-13,16,33H,5,8-9,14-15,17-20H2,1-3H3. The van der Waals surface area contributed by atoms with E-state index in [1.54, 1.807) is 20.1 Å². The van der Waals surface area contributed by atoms with Crippen LogP contribution >= 0.6 is 0 Å². The van der Waals surface area contributed by atoms with Crippen molar-refractivity contribution in [1.82, 2.24) is 4.98 Å². The number of aromatic nitrogens is 1. The number of aliphatic hydroxyl groups excluding tert-OH is 1. The molecule has 0 unspecified atom stereocenters. The molecule has 0 radical (unpaired) electrons. The van der Waals surface area contributed by atoms with Crippen LogP contribution < -0.4 is 9.47 Å². The second-order valence-electron chi connectivity index (χ2n) is 9.76. The van der Waals surface area contributed by atoms with Gasteiger partial charge in [0, 0.05) is 24.6 Å². The van der Waals surface area contributed by atoms with Gasteiger partial charge >= 0.3 is 0 Å². The van der Waals surface area contributed by atoms with Crippen LogP contribution in [0, 0.1) is 19.7 Å². The Morgan fingerprint density at radius 2 is 1.72 bits per heavy atom. The van der Waals surface area contributed by atoms with Crippen molar-refractivity contribution in [2.24, 2.45) is 0 Å². The Kier molecular flexibility index (Phi) is 8.60. The van der Waals surface area contributed by atoms with Gasteiger partial charge < -0.3 is 19.3 Å². The highest BCUT2D eigenvalue weighted by Gasteiger charge is 2.37. The lowest BCUT2D eigenvalue weighted by atomic mass is 9.72. The van der Waals surface area contributed by atoms with Gasteiger partial charge in [0.05, 0.1) is 12.3 Å². The number of hydrogen-bond acceptors (Lipinski definition) is 5. The second-order valence-corrected chi connectivity index (χ2v) is 9.76. The van der Waals surface area contributed by atoms with Crippen molar-refractivity contribution in [1.29, 1.82) is 0 Å². The molecule has 1 saturated carbocycles. The van der Waals surface area contributed by atoms with Gasteiger partial charge in [-0.25, -0.2) is 4.39 Å². The Morgan fingerprint density at radius 3 is 2.42 bits per heavy atom. The first-order valence-corrected chi connectivity index (χ1v) is 12.7. The molecule has 36 heavy (non-hydrogen) atoms. The van der Waals surface area contributed by atoms with Gasteiger partial charge in [0.25, 0.3) is 0 Å². The molecule has 192 valence electrons. The van der Waals surface area contributed by atoms with Crippen LogP contribution in [0.2, 0.25) is 0 Å². The molecule has 0 atom stereocenters. The second kappa shape index (κ2) is 11.8. The summed E-state index contributed by atoms with van der Waals surface area (Å²) in [5, 5.41) is 10.4. The summed E-state index contributed by atoms with van der Waals surface area (Å²) in [6.07, 6.45) is 5.46. The molecule has 1 aliphatic carbocycles. The third-order valence-corrected chi connectivity index (χ3v) is 7.28. The van der Waals surface area contributed by atoms with E-state index in [0.717, 1.165) is 60.2 Å². The minimum Gasteiger partial charge on any atom is -0.486 e. The Bertz CT molecular complexity index is 1160. The predicted molar refractivity (Wildman–Crippen MR) is 138 cm³/mol. The molecule has 6 heteroatoms. The van der Waals surface area contributed by atoms with Gasteiger partial charge in [-0.3, -0.25) is 4.98 Å². The summed E-state index contributed by atoms with van der Waals surface area (Å²) in [5.74, 6) is 0.558. The summed E-state index contributed by atoms with van der Waals surface area (Å²) in [6, 6.07) is 15.3. The lowest BCUT2D eigenvalue weighted by Crippen LogP contribution is -2.35. The fourth-order valence-electron chi connectivity index (χ4n) is 5.16. The largest absolute Gasteiger partial charge is 0.486 e. The number of benzene rings is 2. The average molecular weight is 494 g/mol. The van der Waals surface area contributed by atoms with E-state index in [9.17, 15) is 5.11 Å². The van der Waals surface area contributed by atoms with Crippen molar-refractivity contribution in [3.05, 3.63) is 88.0 Å². The zero-order valence-corrected chi connectivity index (χ0v) is 21.5. The molecule has 1 fully saturated rings. The highest BCUT2D eigenvalue weighted by Crippen LogP contribution is 2.42. The number of pyridine rings is 1. The SMILES string of the molecule is COCOc1ccc(Cc2c(C)cc(OCc3ccccc3)c(F)c2C)nc1C1(CO)CCCCC1. The first-order valence-electron chi connectivity index (χ1n) is 12.7. The van der Waals surface area contributed by atoms with Crippen molar-refractivity contribution in [2.75, 3.05) is 20.5 Å². The van der Waals surface area contributed by atoms with E-state index >= 15 is 4.39 Å². The first-order chi connectivity index (χ1) is 17.5. The molecule has 5 nitrogen and oxygen atoms in total. The van der Waals surface area contributed by atoms with Crippen LogP contribution in [0.3, 0.4) is 0 Å². The molecule has 4 rings (SSSR count). The van der Waals surface area contributed by atoms with E-state index < -0.39 is 5.41 Å². The Morgan fingerprint density at radius 1 is 0.972 bits per heavy atom. The van der Waals surface area contributed by atoms with Gasteiger partial charge in [-0.2, -0.15) is 0 Å². The zero-order chi connectivity index (χ0) is 25.5. The topological polar surface area (TPSA) is 60.8 Å². The third kappa shape index (κ3) is 5.71. The lowest BCUT2D eigenvalue weighted by molar-refractivity contribution is 0.0468. The van der Waals surface area contributed by atoms with Crippen molar-refractivity contribution in [3.63, 3.8) is 0 Å². The van der Waals surface area contributed by atoms with Crippen LogP contribution in [0.5, 0.6) is 11.5 Å². The van der Waals surface area contributed by atoms with Crippen LogP contribution in [-0.2, 0) is 23.2 Å². The van der Waals surface area contributed by atoms with E-state index in [1.165, 1.54) is 0 Å². The number of nitrogens with zero attached hydrogens (tertiary/aromatic N) is 1. The number of aliphatic hydroxyl groups is 1. The van der Waals surface area contributed by atoms with Crippen LogP contribution in [0.15, 0.2) is 48.5 Å². The highest BCUT2D eigenvalue weighted by molar-refractivity contribution is 5.45. The molecule has 0 spiro atoms. The van der Waals surface area contributed by atoms with Crippen LogP contribution in [0.4, 0.5) is 4.39 Å². The minimum absolute atomic E-state index is 0.0208. The van der Waals surface area contributed by atoms with Crippen LogP contribution in [-0.4, -0.2) is 30.6 Å². The van der Waals surface area contributed by atoms with Crippen LogP contribution in [0.1, 0.15) is 65.7 Å². The number of rotatable bonds is 10. The highest BCUT2D eigenvalue weighted by atomic mass is 19.1. The zero-order valence-electron chi connectivity index (χ0n) is 21.5. The molecule has 1 heterocycles. The fourth-order valence-corrected chi connectivity index (χ4v) is 5.16. The van der Waals surface area contributed by atoms with Crippen molar-refractivity contribution in [2.45, 2.75) is 64.4 Å². The molecular formula is C30H36FNO4. The van der Waals surface area contributed by atoms with Gasteiger partial charge in [0.2, 0.25) is 0 Å². The number of hydrogen-bond donors (Lipinski definition) is 1. The van der Waals surface area contributed by atoms with Crippen molar-refractivity contribution >= 4 is 0 Å². The summed E-state index contributed by atoms with van der Waals surface area (Å²) < 4.78 is 32.1. The first kappa shape index (κ1) is 26.1. The number of methoxy groups -OCH3 is 1. The molecule has 0 bridgehead atoms. The van der Waals surface area contributed by atoms with Crippen molar-refractivity contribution < 1.29 is 23.7 Å². The molecule has 1 aliphatic rings. The number of aryl methyl sites for hydroxylation is 1. The maximum absolute atomic E-state index is 15.3. The summed E-state index contributed by atoms with van der Waals surface area (Å²) in [4.78, 5) is 5.00. The van der Waals surface area contributed by atoms with E-state index in [0.29, 0.717) is 24.3 Å². The van der Waals surface area contributed by atoms with E-state index in [1.807, 2.05) is 49.4 Å². The summed E-state index contributed by atoms with van der Waals surface area (Å²) in [7, 11) is 1.58. The van der Waals surface area contributed by atoms with Crippen LogP contribution in [0.25, 0.3) is 0 Å². The lowest BCUT2D eigenvalue weighted by Gasteiger charge is -2.36. The van der Waals surface area contributed by atoms with E-state index in [-0.39, 0.29) is 25.0 Å². The molecule has 3 aromatic rings. The van der Waals surface area contributed by atoms with E-state index in [2.05, 4.69) is 0 Å². The monoisotopic (exact) mass is 493 g/mol. The minimum atomic E-state index is -0.429. The maximum atomic E-state index is 15.3. The smallest absolute Gasteiger partial charge is 0.188 e. The summed E-state index contributed by atoms with van der Waals surface area (Å²) >= 11 is 0. The molecule has 2 aromatic carbocycles. The quantitative estimate of drug-likeness (QED) is 0.342. The summed E-state index contributed by atoms with van der Waals surface area (Å²) in [5.41, 5.74) is 4.57. The fraction of sp³-hybridized carbons (Fsp3) is 0.433. The molecule has 0 aliphatic heterocycles.